The van der Waals surface area contributed by atoms with Crippen molar-refractivity contribution in [2.75, 3.05) is 0 Å². The van der Waals surface area contributed by atoms with E-state index in [1.807, 2.05) is 0 Å². The van der Waals surface area contributed by atoms with Gasteiger partial charge in [0, 0.05) is 0 Å². The minimum absolute atomic E-state index is 0.0773. The number of carbonyl (C=O) groups is 1. The molecule has 0 fully saturated rings. The van der Waals surface area contributed by atoms with E-state index in [1.54, 1.807) is 18.2 Å². The van der Waals surface area contributed by atoms with Gasteiger partial charge in [-0.15, -0.1) is 0 Å². The molecule has 0 spiro atoms. The Balaban J connectivity index is 2.46. The zero-order valence-corrected chi connectivity index (χ0v) is 12.5. The van der Waals surface area contributed by atoms with Gasteiger partial charge in [-0.3, -0.25) is 4.79 Å². The fourth-order valence-electron chi connectivity index (χ4n) is 1.38. The molecule has 0 atom stereocenters. The summed E-state index contributed by atoms with van der Waals surface area (Å²) < 4.78 is 27.8. The maximum absolute atomic E-state index is 12.0. The molecule has 19 heavy (non-hydrogen) atoms. The molecule has 0 heterocycles. The van der Waals surface area contributed by atoms with E-state index in [4.69, 9.17) is 11.6 Å². The second-order valence-electron chi connectivity index (χ2n) is 3.62. The van der Waals surface area contributed by atoms with Crippen LogP contribution in [0.2, 0.25) is 0 Å². The van der Waals surface area contributed by atoms with E-state index >= 15 is 0 Å². The van der Waals surface area contributed by atoms with Gasteiger partial charge in [-0.05, 0) is 40.2 Å². The Bertz CT molecular complexity index is 697. The quantitative estimate of drug-likeness (QED) is 0.762. The lowest BCUT2D eigenvalue weighted by Gasteiger charge is -2.06. The van der Waals surface area contributed by atoms with Crippen molar-refractivity contribution in [2.24, 2.45) is 4.40 Å². The first kappa shape index (κ1) is 14.2. The molecule has 1 aromatic rings. The Morgan fingerprint density at radius 1 is 1.11 bits per heavy atom. The normalized spacial score (nSPS) is 18.2. The Morgan fingerprint density at radius 3 is 2.32 bits per heavy atom. The number of sulfonamides is 1. The highest BCUT2D eigenvalue weighted by Gasteiger charge is 2.19. The molecule has 0 saturated heterocycles. The smallest absolute Gasteiger partial charge is 0.282 e. The monoisotopic (exact) mass is 359 g/mol. The van der Waals surface area contributed by atoms with Gasteiger partial charge in [-0.2, -0.15) is 12.8 Å². The molecule has 0 N–H and O–H groups in total. The second kappa shape index (κ2) is 5.40. The summed E-state index contributed by atoms with van der Waals surface area (Å²) in [6.07, 6.45) is 2.53. The van der Waals surface area contributed by atoms with Crippen molar-refractivity contribution in [3.8, 4) is 0 Å². The molecule has 0 bridgehead atoms. The largest absolute Gasteiger partial charge is 0.287 e. The van der Waals surface area contributed by atoms with Crippen molar-refractivity contribution in [2.45, 2.75) is 4.90 Å². The summed E-state index contributed by atoms with van der Waals surface area (Å²) in [7, 11) is -3.82. The predicted octanol–water partition coefficient (Wildman–Crippen LogP) is 2.80. The Morgan fingerprint density at radius 2 is 1.74 bits per heavy atom. The Labute approximate surface area is 123 Å². The summed E-state index contributed by atoms with van der Waals surface area (Å²) in [5, 5.41) is -0.0867. The van der Waals surface area contributed by atoms with Crippen LogP contribution in [0.1, 0.15) is 0 Å². The number of nitrogens with zero attached hydrogens (tertiary/aromatic N) is 1. The van der Waals surface area contributed by atoms with Crippen LogP contribution in [0.15, 0.2) is 61.3 Å². The van der Waals surface area contributed by atoms with Crippen molar-refractivity contribution in [1.82, 2.24) is 0 Å². The summed E-state index contributed by atoms with van der Waals surface area (Å²) in [6, 6.07) is 7.80. The Hall–Kier alpha value is -1.24. The van der Waals surface area contributed by atoms with Crippen molar-refractivity contribution < 1.29 is 13.2 Å². The lowest BCUT2D eigenvalue weighted by molar-refractivity contribution is -0.111. The summed E-state index contributed by atoms with van der Waals surface area (Å²) in [5.41, 5.74) is 0.0975. The highest BCUT2D eigenvalue weighted by Crippen LogP contribution is 2.22. The van der Waals surface area contributed by atoms with Crippen LogP contribution in [0.5, 0.6) is 0 Å². The molecule has 0 radical (unpaired) electrons. The molecular formula is C12H7BrClNO3S. The van der Waals surface area contributed by atoms with Gasteiger partial charge in [-0.1, -0.05) is 29.8 Å². The van der Waals surface area contributed by atoms with Gasteiger partial charge in [0.2, 0.25) is 5.78 Å². The van der Waals surface area contributed by atoms with Crippen molar-refractivity contribution in [3.63, 3.8) is 0 Å². The molecule has 1 aliphatic rings. The first-order valence-electron chi connectivity index (χ1n) is 5.09. The van der Waals surface area contributed by atoms with Gasteiger partial charge in [0.15, 0.2) is 0 Å². The first-order valence-corrected chi connectivity index (χ1v) is 7.70. The summed E-state index contributed by atoms with van der Waals surface area (Å²) in [5.74, 6) is -0.405. The maximum atomic E-state index is 12.0. The fourth-order valence-corrected chi connectivity index (χ4v) is 3.15. The lowest BCUT2D eigenvalue weighted by atomic mass is 10.2. The number of hydrogen-bond donors (Lipinski definition) is 0. The molecule has 0 saturated carbocycles. The fraction of sp³-hybridized carbons (Fsp3) is 0. The zero-order valence-electron chi connectivity index (χ0n) is 9.38. The molecule has 1 aliphatic carbocycles. The van der Waals surface area contributed by atoms with E-state index in [9.17, 15) is 13.2 Å². The highest BCUT2D eigenvalue weighted by atomic mass is 79.9. The van der Waals surface area contributed by atoms with Gasteiger partial charge < -0.3 is 0 Å². The number of halogens is 2. The second-order valence-corrected chi connectivity index (χ2v) is 6.48. The summed E-state index contributed by atoms with van der Waals surface area (Å²) >= 11 is 8.71. The molecule has 0 amide bonds. The zero-order chi connectivity index (χ0) is 14.0. The molecule has 98 valence electrons. The Kier molecular flexibility index (Phi) is 4.03. The van der Waals surface area contributed by atoms with E-state index in [1.165, 1.54) is 24.3 Å². The topological polar surface area (TPSA) is 63.6 Å². The van der Waals surface area contributed by atoms with Crippen LogP contribution in [0.3, 0.4) is 0 Å². The van der Waals surface area contributed by atoms with Gasteiger partial charge in [0.05, 0.1) is 20.1 Å². The van der Waals surface area contributed by atoms with Crippen LogP contribution in [0.4, 0.5) is 0 Å². The number of benzene rings is 1. The number of allylic oxidation sites excluding steroid dienone is 4. The van der Waals surface area contributed by atoms with Gasteiger partial charge >= 0.3 is 0 Å². The summed E-state index contributed by atoms with van der Waals surface area (Å²) in [6.45, 7) is 0. The third-order valence-electron chi connectivity index (χ3n) is 2.25. The number of rotatable bonds is 2. The predicted molar refractivity (Wildman–Crippen MR) is 77.0 cm³/mol. The average Bonchev–Trinajstić information content (AvgIpc) is 2.36. The van der Waals surface area contributed by atoms with E-state index in [2.05, 4.69) is 20.3 Å². The number of ketones is 1. The minimum Gasteiger partial charge on any atom is -0.287 e. The molecule has 0 aromatic heterocycles. The number of carbonyl (C=O) groups excluding carboxylic acids is 1. The van der Waals surface area contributed by atoms with Crippen molar-refractivity contribution in [1.29, 1.82) is 0 Å². The maximum Gasteiger partial charge on any atom is 0.282 e. The summed E-state index contributed by atoms with van der Waals surface area (Å²) in [4.78, 5) is 11.5. The number of hydrogen-bond acceptors (Lipinski definition) is 3. The number of Topliss-reactive ketones (excluding diaryl/α,β-unsaturated/α-hetero) is 1. The van der Waals surface area contributed by atoms with Crippen molar-refractivity contribution in [3.05, 3.63) is 52.0 Å². The standard InChI is InChI=1S/C12H7BrClNO3S/c13-10-6-8(7-11(14)12(10)16)15-19(17,18)9-4-2-1-3-5-9/h1-7H. The van der Waals surface area contributed by atoms with Crippen LogP contribution >= 0.6 is 27.5 Å². The minimum atomic E-state index is -3.82. The highest BCUT2D eigenvalue weighted by molar-refractivity contribution is 9.12. The molecule has 4 nitrogen and oxygen atoms in total. The molecular weight excluding hydrogens is 354 g/mol. The van der Waals surface area contributed by atoms with Crippen LogP contribution in [-0.2, 0) is 14.8 Å². The van der Waals surface area contributed by atoms with E-state index in [-0.39, 0.29) is 20.1 Å². The van der Waals surface area contributed by atoms with Crippen LogP contribution < -0.4 is 0 Å². The van der Waals surface area contributed by atoms with Crippen LogP contribution in [0.25, 0.3) is 0 Å². The third-order valence-corrected chi connectivity index (χ3v) is 4.44. The van der Waals surface area contributed by atoms with Crippen LogP contribution in [0, 0.1) is 0 Å². The van der Waals surface area contributed by atoms with E-state index in [0.717, 1.165) is 0 Å². The average molecular weight is 361 g/mol. The lowest BCUT2D eigenvalue weighted by Crippen LogP contribution is -2.09. The molecule has 7 heteroatoms. The SMILES string of the molecule is O=C1C(Cl)=CC(=NS(=O)(=O)c2ccccc2)C=C1Br. The van der Waals surface area contributed by atoms with E-state index in [0.29, 0.717) is 0 Å². The third kappa shape index (κ3) is 3.20. The first-order chi connectivity index (χ1) is 8.90. The van der Waals surface area contributed by atoms with E-state index < -0.39 is 15.8 Å². The molecule has 1 aromatic carbocycles. The molecule has 0 aliphatic heterocycles. The van der Waals surface area contributed by atoms with Gasteiger partial charge in [-0.25, -0.2) is 0 Å². The molecule has 0 unspecified atom stereocenters. The van der Waals surface area contributed by atoms with Crippen LogP contribution in [-0.4, -0.2) is 19.9 Å². The molecule has 2 rings (SSSR count). The van der Waals surface area contributed by atoms with Gasteiger partial charge in [0.1, 0.15) is 0 Å². The van der Waals surface area contributed by atoms with Crippen molar-refractivity contribution >= 4 is 49.0 Å². The van der Waals surface area contributed by atoms with Gasteiger partial charge in [0.25, 0.3) is 10.0 Å².